The van der Waals surface area contributed by atoms with E-state index in [1.165, 1.54) is 19.2 Å². The fraction of sp³-hybridized carbons (Fsp3) is 0.364. The van der Waals surface area contributed by atoms with Crippen LogP contribution in [0.1, 0.15) is 6.92 Å². The maximum Gasteiger partial charge on any atom is 0.321 e. The van der Waals surface area contributed by atoms with Gasteiger partial charge in [-0.3, -0.25) is 14.9 Å². The summed E-state index contributed by atoms with van der Waals surface area (Å²) in [6.45, 7) is 1.50. The highest BCUT2D eigenvalue weighted by Crippen LogP contribution is 2.06. The molecule has 0 atom stereocenters. The Morgan fingerprint density at radius 1 is 1.38 bits per heavy atom. The van der Waals surface area contributed by atoms with Gasteiger partial charge in [0.15, 0.2) is 0 Å². The van der Waals surface area contributed by atoms with Crippen LogP contribution < -0.4 is 5.14 Å². The van der Waals surface area contributed by atoms with Gasteiger partial charge in [0.25, 0.3) is 15.9 Å². The molecule has 0 fully saturated rings. The standard InChI is InChI=1S/C6H5NO2.C5H12N2O4S/c8-7(9)6-4-2-1-3-5-6;1-3-11-5(8)4-7(2)12(6,9)10/h1-5H;3-4H2,1-2H3,(H2,6,9,10). The Morgan fingerprint density at radius 2 is 1.90 bits per heavy atom. The average molecular weight is 319 g/mol. The van der Waals surface area contributed by atoms with Crippen molar-refractivity contribution in [3.63, 3.8) is 0 Å². The van der Waals surface area contributed by atoms with E-state index < -0.39 is 21.1 Å². The Balaban J connectivity index is 0.000000394. The lowest BCUT2D eigenvalue weighted by Crippen LogP contribution is -2.37. The number of carbonyl (C=O) groups is 1. The van der Waals surface area contributed by atoms with Crippen LogP contribution in [-0.2, 0) is 19.7 Å². The first-order chi connectivity index (χ1) is 9.68. The van der Waals surface area contributed by atoms with Crippen molar-refractivity contribution in [3.05, 3.63) is 40.4 Å². The third-order valence-corrected chi connectivity index (χ3v) is 3.06. The molecule has 0 saturated heterocycles. The van der Waals surface area contributed by atoms with Crippen LogP contribution in [0.25, 0.3) is 0 Å². The van der Waals surface area contributed by atoms with Crippen LogP contribution in [0.3, 0.4) is 0 Å². The number of benzene rings is 1. The molecule has 1 aromatic carbocycles. The summed E-state index contributed by atoms with van der Waals surface area (Å²) >= 11 is 0. The summed E-state index contributed by atoms with van der Waals surface area (Å²) in [5, 5.41) is 14.7. The zero-order valence-electron chi connectivity index (χ0n) is 11.6. The number of esters is 1. The topological polar surface area (TPSA) is 133 Å². The molecule has 1 rings (SSSR count). The molecule has 0 heterocycles. The molecule has 0 radical (unpaired) electrons. The Hall–Kier alpha value is -2.04. The second kappa shape index (κ2) is 9.00. The zero-order valence-corrected chi connectivity index (χ0v) is 12.4. The number of nitro benzene ring substituents is 1. The van der Waals surface area contributed by atoms with Gasteiger partial charge in [-0.15, -0.1) is 0 Å². The largest absolute Gasteiger partial charge is 0.465 e. The quantitative estimate of drug-likeness (QED) is 0.471. The number of hydrogen-bond donors (Lipinski definition) is 1. The van der Waals surface area contributed by atoms with Gasteiger partial charge in [-0.1, -0.05) is 18.2 Å². The molecule has 0 amide bonds. The van der Waals surface area contributed by atoms with Crippen LogP contribution in [0.5, 0.6) is 0 Å². The number of nitrogens with two attached hydrogens (primary N) is 1. The van der Waals surface area contributed by atoms with E-state index in [1.54, 1.807) is 25.1 Å². The predicted molar refractivity (Wildman–Crippen MR) is 75.5 cm³/mol. The molecule has 0 aliphatic heterocycles. The molecule has 2 N–H and O–H groups in total. The molecule has 21 heavy (non-hydrogen) atoms. The highest BCUT2D eigenvalue weighted by Gasteiger charge is 2.15. The molecule has 118 valence electrons. The zero-order chi connectivity index (χ0) is 16.5. The molecule has 0 aromatic heterocycles. The minimum Gasteiger partial charge on any atom is -0.465 e. The second-order valence-corrected chi connectivity index (χ2v) is 5.35. The Kier molecular flexibility index (Phi) is 8.12. The minimum absolute atomic E-state index is 0.137. The maximum absolute atomic E-state index is 10.7. The molecule has 10 heteroatoms. The number of ether oxygens (including phenoxy) is 1. The summed E-state index contributed by atoms with van der Waals surface area (Å²) in [4.78, 5) is 20.3. The van der Waals surface area contributed by atoms with Crippen molar-refractivity contribution in [3.8, 4) is 0 Å². The molecular weight excluding hydrogens is 302 g/mol. The summed E-state index contributed by atoms with van der Waals surface area (Å²) in [7, 11) is -2.58. The lowest BCUT2D eigenvalue weighted by Gasteiger charge is -2.11. The van der Waals surface area contributed by atoms with Gasteiger partial charge >= 0.3 is 5.97 Å². The van der Waals surface area contributed by atoms with Crippen molar-refractivity contribution in [2.24, 2.45) is 5.14 Å². The van der Waals surface area contributed by atoms with E-state index in [-0.39, 0.29) is 18.8 Å². The van der Waals surface area contributed by atoms with Crippen LogP contribution in [0.15, 0.2) is 30.3 Å². The van der Waals surface area contributed by atoms with Gasteiger partial charge in [-0.25, -0.2) is 5.14 Å². The average Bonchev–Trinajstić information content (AvgIpc) is 2.39. The van der Waals surface area contributed by atoms with Crippen LogP contribution in [0.4, 0.5) is 5.69 Å². The van der Waals surface area contributed by atoms with Crippen molar-refractivity contribution in [1.82, 2.24) is 4.31 Å². The van der Waals surface area contributed by atoms with E-state index in [4.69, 9.17) is 5.14 Å². The highest BCUT2D eigenvalue weighted by atomic mass is 32.2. The summed E-state index contributed by atoms with van der Waals surface area (Å²) < 4.78 is 26.4. The van der Waals surface area contributed by atoms with Crippen LogP contribution in [0.2, 0.25) is 0 Å². The summed E-state index contributed by atoms with van der Waals surface area (Å²) in [6.07, 6.45) is 0. The molecule has 9 nitrogen and oxygen atoms in total. The van der Waals surface area contributed by atoms with Crippen molar-refractivity contribution in [1.29, 1.82) is 0 Å². The van der Waals surface area contributed by atoms with Gasteiger partial charge in [0.1, 0.15) is 6.54 Å². The minimum atomic E-state index is -3.78. The van der Waals surface area contributed by atoms with Gasteiger partial charge in [0, 0.05) is 19.2 Å². The van der Waals surface area contributed by atoms with Crippen molar-refractivity contribution in [2.45, 2.75) is 6.92 Å². The fourth-order valence-corrected chi connectivity index (χ4v) is 1.31. The number of nitrogens with zero attached hydrogens (tertiary/aromatic N) is 2. The van der Waals surface area contributed by atoms with Gasteiger partial charge < -0.3 is 4.74 Å². The summed E-state index contributed by atoms with van der Waals surface area (Å²) in [5.74, 6) is -0.617. The molecule has 0 spiro atoms. The first-order valence-corrected chi connectivity index (χ1v) is 7.28. The number of non-ortho nitro benzene ring substituents is 1. The van der Waals surface area contributed by atoms with Crippen LogP contribution in [-0.4, -0.2) is 43.8 Å². The summed E-state index contributed by atoms with van der Waals surface area (Å²) in [6, 6.07) is 7.93. The van der Waals surface area contributed by atoms with Gasteiger partial charge in [0.2, 0.25) is 0 Å². The van der Waals surface area contributed by atoms with E-state index >= 15 is 0 Å². The molecule has 1 aromatic rings. The molecule has 0 aliphatic rings. The van der Waals surface area contributed by atoms with Crippen molar-refractivity contribution in [2.75, 3.05) is 20.2 Å². The van der Waals surface area contributed by atoms with Gasteiger partial charge in [-0.05, 0) is 6.92 Å². The Bertz CT molecular complexity index is 561. The number of para-hydroxylation sites is 1. The predicted octanol–water partition coefficient (Wildman–Crippen LogP) is 0.280. The van der Waals surface area contributed by atoms with Crippen molar-refractivity contribution >= 4 is 21.9 Å². The lowest BCUT2D eigenvalue weighted by atomic mass is 10.3. The van der Waals surface area contributed by atoms with E-state index in [1.807, 2.05) is 0 Å². The maximum atomic E-state index is 10.7. The number of carbonyl (C=O) groups excluding carboxylic acids is 1. The normalized spacial score (nSPS) is 10.5. The van der Waals surface area contributed by atoms with Crippen molar-refractivity contribution < 1.29 is 22.9 Å². The molecule has 0 unspecified atom stereocenters. The summed E-state index contributed by atoms with van der Waals surface area (Å²) in [5.41, 5.74) is 0.137. The number of nitro groups is 1. The Morgan fingerprint density at radius 3 is 2.24 bits per heavy atom. The van der Waals surface area contributed by atoms with E-state index in [9.17, 15) is 23.3 Å². The molecule has 0 aliphatic carbocycles. The third-order valence-electron chi connectivity index (χ3n) is 2.06. The fourth-order valence-electron chi connectivity index (χ4n) is 1.03. The smallest absolute Gasteiger partial charge is 0.321 e. The van der Waals surface area contributed by atoms with E-state index in [2.05, 4.69) is 4.74 Å². The second-order valence-electron chi connectivity index (χ2n) is 3.70. The number of hydrogen-bond acceptors (Lipinski definition) is 6. The third kappa shape index (κ3) is 8.68. The molecule has 0 bridgehead atoms. The monoisotopic (exact) mass is 319 g/mol. The molecular formula is C11H17N3O6S. The first-order valence-electron chi connectivity index (χ1n) is 5.77. The Labute approximate surface area is 122 Å². The molecule has 0 saturated carbocycles. The van der Waals surface area contributed by atoms with Crippen LogP contribution in [0, 0.1) is 10.1 Å². The SMILES string of the molecule is CCOC(=O)CN(C)S(N)(=O)=O.O=[N+]([O-])c1ccccc1. The lowest BCUT2D eigenvalue weighted by molar-refractivity contribution is -0.384. The van der Waals surface area contributed by atoms with Crippen LogP contribution >= 0.6 is 0 Å². The van der Waals surface area contributed by atoms with E-state index in [0.29, 0.717) is 4.31 Å². The highest BCUT2D eigenvalue weighted by molar-refractivity contribution is 7.86. The number of rotatable bonds is 5. The van der Waals surface area contributed by atoms with E-state index in [0.717, 1.165) is 0 Å². The van der Waals surface area contributed by atoms with Gasteiger partial charge in [-0.2, -0.15) is 12.7 Å². The first kappa shape index (κ1) is 19.0. The van der Waals surface area contributed by atoms with Gasteiger partial charge in [0.05, 0.1) is 11.5 Å². The number of likely N-dealkylation sites (N-methyl/N-ethyl adjacent to an activating group) is 1.